The van der Waals surface area contributed by atoms with Crippen LogP contribution < -0.4 is 10.5 Å². The number of piperidine rings is 1. The van der Waals surface area contributed by atoms with Crippen LogP contribution in [0.4, 0.5) is 5.82 Å². The number of para-hydroxylation sites is 1. The van der Waals surface area contributed by atoms with Gasteiger partial charge in [0.2, 0.25) is 0 Å². The largest absolute Gasteiger partial charge is 0.593 e. The minimum absolute atomic E-state index is 0.0221. The van der Waals surface area contributed by atoms with Gasteiger partial charge in [-0.2, -0.15) is 5.10 Å². The number of benzene rings is 2. The van der Waals surface area contributed by atoms with Crippen molar-refractivity contribution >= 4 is 28.2 Å². The molecular weight excluding hydrogens is 436 g/mol. The molecule has 1 saturated heterocycles. The van der Waals surface area contributed by atoms with Gasteiger partial charge in [-0.25, -0.2) is 14.6 Å². The molecule has 0 radical (unpaired) electrons. The lowest BCUT2D eigenvalue weighted by atomic mass is 10.1. The summed E-state index contributed by atoms with van der Waals surface area (Å²) < 4.78 is 22.0. The molecule has 8 nitrogen and oxygen atoms in total. The first kappa shape index (κ1) is 21.4. The van der Waals surface area contributed by atoms with Crippen LogP contribution in [-0.2, 0) is 11.4 Å². The Morgan fingerprint density at radius 3 is 2.61 bits per heavy atom. The SMILES string of the molecule is C=C[S+]([O-])N1CCC[C@@H](n2nc(-c3ccc(Oc4ccccc4)cc3)c3c(N)ncnc32)C1. The molecule has 0 bridgehead atoms. The fourth-order valence-electron chi connectivity index (χ4n) is 4.15. The van der Waals surface area contributed by atoms with Gasteiger partial charge in [-0.05, 0) is 55.8 Å². The molecule has 1 aliphatic rings. The normalized spacial score (nSPS) is 17.7. The van der Waals surface area contributed by atoms with Gasteiger partial charge in [-0.1, -0.05) is 18.2 Å². The van der Waals surface area contributed by atoms with E-state index in [9.17, 15) is 4.55 Å². The molecule has 5 rings (SSSR count). The van der Waals surface area contributed by atoms with Crippen LogP contribution in [0.5, 0.6) is 11.5 Å². The van der Waals surface area contributed by atoms with E-state index >= 15 is 0 Å². The van der Waals surface area contributed by atoms with Crippen LogP contribution in [0, 0.1) is 0 Å². The van der Waals surface area contributed by atoms with Crippen molar-refractivity contribution in [2.24, 2.45) is 0 Å². The molecule has 2 N–H and O–H groups in total. The zero-order valence-electron chi connectivity index (χ0n) is 18.0. The van der Waals surface area contributed by atoms with Gasteiger partial charge < -0.3 is 15.0 Å². The number of ether oxygens (including phenoxy) is 1. The summed E-state index contributed by atoms with van der Waals surface area (Å²) in [7, 11) is 0. The van der Waals surface area contributed by atoms with Crippen LogP contribution in [0.3, 0.4) is 0 Å². The highest BCUT2D eigenvalue weighted by atomic mass is 32.2. The summed E-state index contributed by atoms with van der Waals surface area (Å²) in [4.78, 5) is 8.70. The summed E-state index contributed by atoms with van der Waals surface area (Å²) in [6, 6.07) is 17.4. The second kappa shape index (κ2) is 9.22. The van der Waals surface area contributed by atoms with E-state index in [2.05, 4.69) is 16.5 Å². The van der Waals surface area contributed by atoms with Crippen LogP contribution in [-0.4, -0.2) is 41.7 Å². The second-order valence-corrected chi connectivity index (χ2v) is 9.22. The Labute approximate surface area is 195 Å². The van der Waals surface area contributed by atoms with Crippen molar-refractivity contribution in [3.63, 3.8) is 0 Å². The molecule has 3 heterocycles. The quantitative estimate of drug-likeness (QED) is 0.427. The van der Waals surface area contributed by atoms with Crippen LogP contribution in [0.15, 0.2) is 72.9 Å². The number of anilines is 1. The minimum Gasteiger partial charge on any atom is -0.593 e. The number of fused-ring (bicyclic) bond motifs is 1. The predicted octanol–water partition coefficient (Wildman–Crippen LogP) is 4.31. The Kier molecular flexibility index (Phi) is 5.99. The Bertz CT molecular complexity index is 1260. The van der Waals surface area contributed by atoms with Crippen molar-refractivity contribution < 1.29 is 9.29 Å². The van der Waals surface area contributed by atoms with Crippen LogP contribution in [0.25, 0.3) is 22.3 Å². The Morgan fingerprint density at radius 1 is 1.09 bits per heavy atom. The minimum atomic E-state index is -1.21. The van der Waals surface area contributed by atoms with Gasteiger partial charge in [-0.15, -0.1) is 4.31 Å². The van der Waals surface area contributed by atoms with Crippen molar-refractivity contribution in [1.82, 2.24) is 24.1 Å². The van der Waals surface area contributed by atoms with Gasteiger partial charge in [0.15, 0.2) is 5.65 Å². The molecule has 1 unspecified atom stereocenters. The molecule has 0 saturated carbocycles. The lowest BCUT2D eigenvalue weighted by Gasteiger charge is -2.31. The number of hydrogen-bond donors (Lipinski definition) is 1. The molecule has 2 aromatic carbocycles. The smallest absolute Gasteiger partial charge is 0.164 e. The van der Waals surface area contributed by atoms with E-state index < -0.39 is 11.4 Å². The third kappa shape index (κ3) is 4.30. The number of nitrogens with two attached hydrogens (primary N) is 1. The van der Waals surface area contributed by atoms with E-state index in [1.807, 2.05) is 63.6 Å². The first-order valence-electron chi connectivity index (χ1n) is 10.7. The molecule has 2 aromatic heterocycles. The molecule has 33 heavy (non-hydrogen) atoms. The monoisotopic (exact) mass is 460 g/mol. The van der Waals surface area contributed by atoms with E-state index in [0.717, 1.165) is 47.5 Å². The molecule has 1 aliphatic heterocycles. The maximum atomic E-state index is 12.3. The fraction of sp³-hybridized carbons (Fsp3) is 0.208. The van der Waals surface area contributed by atoms with Gasteiger partial charge in [0.25, 0.3) is 0 Å². The van der Waals surface area contributed by atoms with Crippen molar-refractivity contribution in [1.29, 1.82) is 0 Å². The Hall–Kier alpha value is -3.40. The van der Waals surface area contributed by atoms with Crippen molar-refractivity contribution in [2.45, 2.75) is 18.9 Å². The summed E-state index contributed by atoms with van der Waals surface area (Å²) in [5.74, 6) is 1.89. The summed E-state index contributed by atoms with van der Waals surface area (Å²) in [6.45, 7) is 5.03. The number of nitrogen functional groups attached to an aromatic ring is 1. The van der Waals surface area contributed by atoms with Gasteiger partial charge in [0.05, 0.1) is 29.3 Å². The molecule has 0 amide bonds. The van der Waals surface area contributed by atoms with Crippen molar-refractivity contribution in [3.05, 3.63) is 72.9 Å². The number of hydrogen-bond acceptors (Lipinski definition) is 7. The van der Waals surface area contributed by atoms with E-state index in [-0.39, 0.29) is 6.04 Å². The molecule has 0 spiro atoms. The zero-order chi connectivity index (χ0) is 22.8. The highest BCUT2D eigenvalue weighted by Crippen LogP contribution is 2.35. The van der Waals surface area contributed by atoms with Crippen LogP contribution in [0.2, 0.25) is 0 Å². The molecular formula is C24H24N6O2S. The van der Waals surface area contributed by atoms with E-state index in [0.29, 0.717) is 18.0 Å². The van der Waals surface area contributed by atoms with E-state index in [4.69, 9.17) is 15.6 Å². The molecule has 168 valence electrons. The Balaban J connectivity index is 1.49. The topological polar surface area (TPSA) is 105 Å². The fourth-order valence-corrected chi connectivity index (χ4v) is 4.99. The number of rotatable bonds is 6. The van der Waals surface area contributed by atoms with Crippen LogP contribution in [0.1, 0.15) is 18.9 Å². The molecule has 4 aromatic rings. The summed E-state index contributed by atoms with van der Waals surface area (Å²) >= 11 is -1.21. The first-order valence-corrected chi connectivity index (χ1v) is 11.9. The predicted molar refractivity (Wildman–Crippen MR) is 130 cm³/mol. The van der Waals surface area contributed by atoms with Gasteiger partial charge in [0.1, 0.15) is 34.7 Å². The van der Waals surface area contributed by atoms with Crippen molar-refractivity contribution in [2.75, 3.05) is 18.8 Å². The summed E-state index contributed by atoms with van der Waals surface area (Å²) in [5.41, 5.74) is 8.55. The molecule has 9 heteroatoms. The number of nitrogens with zero attached hydrogens (tertiary/aromatic N) is 5. The van der Waals surface area contributed by atoms with Crippen LogP contribution >= 0.6 is 0 Å². The average Bonchev–Trinajstić information content (AvgIpc) is 3.26. The summed E-state index contributed by atoms with van der Waals surface area (Å²) in [6.07, 6.45) is 3.28. The van der Waals surface area contributed by atoms with E-state index in [1.165, 1.54) is 11.7 Å². The van der Waals surface area contributed by atoms with E-state index in [1.54, 1.807) is 0 Å². The highest BCUT2D eigenvalue weighted by molar-refractivity contribution is 7.92. The highest BCUT2D eigenvalue weighted by Gasteiger charge is 2.30. The van der Waals surface area contributed by atoms with Gasteiger partial charge >= 0.3 is 0 Å². The van der Waals surface area contributed by atoms with Gasteiger partial charge in [-0.3, -0.25) is 0 Å². The maximum Gasteiger partial charge on any atom is 0.164 e. The number of aromatic nitrogens is 4. The third-order valence-corrected chi connectivity index (χ3v) is 6.85. The molecule has 1 fully saturated rings. The average molecular weight is 461 g/mol. The van der Waals surface area contributed by atoms with Crippen molar-refractivity contribution in [3.8, 4) is 22.8 Å². The maximum absolute atomic E-state index is 12.3. The lowest BCUT2D eigenvalue weighted by Crippen LogP contribution is -2.40. The third-order valence-electron chi connectivity index (χ3n) is 5.73. The first-order chi connectivity index (χ1) is 16.1. The van der Waals surface area contributed by atoms with Gasteiger partial charge in [0, 0.05) is 12.1 Å². The standard InChI is InChI=1S/C24H24N6O2S/c1-2-33(31)29-14-6-7-18(15-29)30-24-21(23(25)26-16-27-24)22(28-30)17-10-12-20(13-11-17)32-19-8-4-3-5-9-19/h2-5,8-13,16,18H,1,6-7,14-15H2,(H2,25,26,27)/t18-,33?/m1/s1. The molecule has 0 aliphatic carbocycles. The Morgan fingerprint density at radius 2 is 1.85 bits per heavy atom. The zero-order valence-corrected chi connectivity index (χ0v) is 18.8. The second-order valence-electron chi connectivity index (χ2n) is 7.82. The lowest BCUT2D eigenvalue weighted by molar-refractivity contribution is 0.260. The summed E-state index contributed by atoms with van der Waals surface area (Å²) in [5, 5.41) is 7.10. The molecule has 2 atom stereocenters.